The first-order chi connectivity index (χ1) is 14.0. The van der Waals surface area contributed by atoms with Gasteiger partial charge in [-0.05, 0) is 43.2 Å². The molecule has 0 atom stereocenters. The van der Waals surface area contributed by atoms with Gasteiger partial charge in [-0.2, -0.15) is 13.2 Å². The number of non-ortho nitro benzene ring substituents is 1. The SMILES string of the molecule is CCOC(=O)CN(Cc1ccc(C(F)(F)F)cc1)C(=O)c1ccc([N+](=O)[O-])cc1C. The fourth-order valence-electron chi connectivity index (χ4n) is 2.75. The lowest BCUT2D eigenvalue weighted by Gasteiger charge is -2.23. The second-order valence-electron chi connectivity index (χ2n) is 6.42. The van der Waals surface area contributed by atoms with Crippen LogP contribution in [0.1, 0.15) is 34.0 Å². The van der Waals surface area contributed by atoms with Crippen LogP contribution in [0.25, 0.3) is 0 Å². The number of halogens is 3. The maximum Gasteiger partial charge on any atom is 0.416 e. The van der Waals surface area contributed by atoms with E-state index in [1.807, 2.05) is 0 Å². The van der Waals surface area contributed by atoms with Crippen molar-refractivity contribution in [3.05, 3.63) is 74.8 Å². The first-order valence-electron chi connectivity index (χ1n) is 8.89. The molecule has 0 fully saturated rings. The lowest BCUT2D eigenvalue weighted by atomic mass is 10.1. The number of nitro benzene ring substituents is 1. The van der Waals surface area contributed by atoms with Crippen molar-refractivity contribution in [2.75, 3.05) is 13.2 Å². The second kappa shape index (κ2) is 9.38. The van der Waals surface area contributed by atoms with E-state index in [0.717, 1.165) is 17.0 Å². The summed E-state index contributed by atoms with van der Waals surface area (Å²) in [5, 5.41) is 10.9. The molecule has 0 saturated carbocycles. The number of nitro groups is 1. The van der Waals surface area contributed by atoms with Crippen LogP contribution < -0.4 is 0 Å². The van der Waals surface area contributed by atoms with Crippen molar-refractivity contribution in [3.63, 3.8) is 0 Å². The fraction of sp³-hybridized carbons (Fsp3) is 0.300. The maximum absolute atomic E-state index is 13.0. The minimum atomic E-state index is -4.49. The number of esters is 1. The number of benzene rings is 2. The average molecular weight is 424 g/mol. The van der Waals surface area contributed by atoms with E-state index in [4.69, 9.17) is 4.74 Å². The van der Waals surface area contributed by atoms with E-state index < -0.39 is 35.1 Å². The number of carbonyl (C=O) groups is 2. The van der Waals surface area contributed by atoms with Crippen molar-refractivity contribution in [1.82, 2.24) is 4.90 Å². The Morgan fingerprint density at radius 1 is 1.13 bits per heavy atom. The molecule has 30 heavy (non-hydrogen) atoms. The lowest BCUT2D eigenvalue weighted by Crippen LogP contribution is -2.36. The molecule has 0 unspecified atom stereocenters. The summed E-state index contributed by atoms with van der Waals surface area (Å²) >= 11 is 0. The van der Waals surface area contributed by atoms with Gasteiger partial charge in [-0.1, -0.05) is 12.1 Å². The van der Waals surface area contributed by atoms with Gasteiger partial charge in [0.05, 0.1) is 17.1 Å². The molecular weight excluding hydrogens is 405 g/mol. The first kappa shape index (κ1) is 22.9. The fourth-order valence-corrected chi connectivity index (χ4v) is 2.75. The number of hydrogen-bond acceptors (Lipinski definition) is 5. The van der Waals surface area contributed by atoms with Crippen LogP contribution in [-0.4, -0.2) is 34.9 Å². The molecule has 0 heterocycles. The van der Waals surface area contributed by atoms with Gasteiger partial charge >= 0.3 is 12.1 Å². The van der Waals surface area contributed by atoms with Crippen LogP contribution in [0.15, 0.2) is 42.5 Å². The Morgan fingerprint density at radius 3 is 2.27 bits per heavy atom. The van der Waals surface area contributed by atoms with Gasteiger partial charge in [-0.25, -0.2) is 0 Å². The molecule has 160 valence electrons. The molecule has 0 aromatic heterocycles. The lowest BCUT2D eigenvalue weighted by molar-refractivity contribution is -0.384. The van der Waals surface area contributed by atoms with E-state index in [9.17, 15) is 32.9 Å². The van der Waals surface area contributed by atoms with Crippen molar-refractivity contribution in [2.24, 2.45) is 0 Å². The molecule has 2 aromatic carbocycles. The second-order valence-corrected chi connectivity index (χ2v) is 6.42. The topological polar surface area (TPSA) is 89.8 Å². The van der Waals surface area contributed by atoms with Crippen LogP contribution in [0.5, 0.6) is 0 Å². The Morgan fingerprint density at radius 2 is 1.77 bits per heavy atom. The molecule has 0 aliphatic rings. The summed E-state index contributed by atoms with van der Waals surface area (Å²) in [7, 11) is 0. The maximum atomic E-state index is 13.0. The smallest absolute Gasteiger partial charge is 0.416 e. The standard InChI is InChI=1S/C20H19F3N2O5/c1-3-30-18(26)12-24(11-14-4-6-15(7-5-14)20(21,22)23)19(27)17-9-8-16(25(28)29)10-13(17)2/h4-10H,3,11-12H2,1-2H3. The van der Waals surface area contributed by atoms with Gasteiger partial charge in [0.25, 0.3) is 11.6 Å². The Balaban J connectivity index is 2.31. The van der Waals surface area contributed by atoms with Crippen molar-refractivity contribution in [2.45, 2.75) is 26.6 Å². The number of rotatable bonds is 7. The Hall–Kier alpha value is -3.43. The van der Waals surface area contributed by atoms with Crippen LogP contribution in [0.2, 0.25) is 0 Å². The number of hydrogen-bond donors (Lipinski definition) is 0. The summed E-state index contributed by atoms with van der Waals surface area (Å²) in [4.78, 5) is 36.3. The Kier molecular flexibility index (Phi) is 7.14. The third kappa shape index (κ3) is 5.79. The molecule has 0 aliphatic heterocycles. The van der Waals surface area contributed by atoms with Crippen LogP contribution in [0, 0.1) is 17.0 Å². The predicted octanol–water partition coefficient (Wildman–Crippen LogP) is 4.13. The monoisotopic (exact) mass is 424 g/mol. The van der Waals surface area contributed by atoms with Crippen LogP contribution in [-0.2, 0) is 22.3 Å². The molecule has 2 rings (SSSR count). The quantitative estimate of drug-likeness (QED) is 0.379. The summed E-state index contributed by atoms with van der Waals surface area (Å²) in [5.41, 5.74) is -0.183. The van der Waals surface area contributed by atoms with E-state index in [1.54, 1.807) is 6.92 Å². The van der Waals surface area contributed by atoms with Crippen LogP contribution >= 0.6 is 0 Å². The normalized spacial score (nSPS) is 11.1. The van der Waals surface area contributed by atoms with Gasteiger partial charge in [0.15, 0.2) is 0 Å². The van der Waals surface area contributed by atoms with Crippen LogP contribution in [0.3, 0.4) is 0 Å². The number of amides is 1. The molecule has 0 radical (unpaired) electrons. The number of nitrogens with zero attached hydrogens (tertiary/aromatic N) is 2. The van der Waals surface area contributed by atoms with Crippen molar-refractivity contribution >= 4 is 17.6 Å². The molecule has 0 bridgehead atoms. The Bertz CT molecular complexity index is 942. The molecule has 2 aromatic rings. The molecule has 7 nitrogen and oxygen atoms in total. The van der Waals surface area contributed by atoms with E-state index >= 15 is 0 Å². The third-order valence-electron chi connectivity index (χ3n) is 4.22. The van der Waals surface area contributed by atoms with Gasteiger partial charge < -0.3 is 9.64 Å². The van der Waals surface area contributed by atoms with Crippen molar-refractivity contribution in [1.29, 1.82) is 0 Å². The molecular formula is C20H19F3N2O5. The van der Waals surface area contributed by atoms with E-state index in [0.29, 0.717) is 11.1 Å². The van der Waals surface area contributed by atoms with Crippen molar-refractivity contribution < 1.29 is 32.4 Å². The summed E-state index contributed by atoms with van der Waals surface area (Å²) < 4.78 is 43.1. The molecule has 0 N–H and O–H groups in total. The minimum absolute atomic E-state index is 0.0949. The average Bonchev–Trinajstić information content (AvgIpc) is 2.66. The number of ether oxygens (including phenoxy) is 1. The highest BCUT2D eigenvalue weighted by Gasteiger charge is 2.30. The number of alkyl halides is 3. The highest BCUT2D eigenvalue weighted by molar-refractivity contribution is 5.97. The third-order valence-corrected chi connectivity index (χ3v) is 4.22. The number of aryl methyl sites for hydroxylation is 1. The van der Waals surface area contributed by atoms with E-state index in [2.05, 4.69) is 0 Å². The zero-order valence-electron chi connectivity index (χ0n) is 16.2. The zero-order chi connectivity index (χ0) is 22.5. The minimum Gasteiger partial charge on any atom is -0.465 e. The van der Waals surface area contributed by atoms with Gasteiger partial charge in [0, 0.05) is 24.2 Å². The van der Waals surface area contributed by atoms with E-state index in [-0.39, 0.29) is 24.4 Å². The highest BCUT2D eigenvalue weighted by Crippen LogP contribution is 2.29. The van der Waals surface area contributed by atoms with Crippen LogP contribution in [0.4, 0.5) is 18.9 Å². The summed E-state index contributed by atoms with van der Waals surface area (Å²) in [5.74, 6) is -1.28. The molecule has 0 spiro atoms. The van der Waals surface area contributed by atoms with E-state index in [1.165, 1.54) is 37.3 Å². The highest BCUT2D eigenvalue weighted by atomic mass is 19.4. The number of carbonyl (C=O) groups excluding carboxylic acids is 2. The summed E-state index contributed by atoms with van der Waals surface area (Å²) in [6.07, 6.45) is -4.49. The Labute approximate surface area is 170 Å². The molecule has 10 heteroatoms. The summed E-state index contributed by atoms with van der Waals surface area (Å²) in [6.45, 7) is 2.63. The molecule has 0 saturated heterocycles. The largest absolute Gasteiger partial charge is 0.465 e. The predicted molar refractivity (Wildman–Crippen MR) is 101 cm³/mol. The van der Waals surface area contributed by atoms with Gasteiger partial charge in [0.2, 0.25) is 0 Å². The molecule has 0 aliphatic carbocycles. The van der Waals surface area contributed by atoms with Gasteiger partial charge in [-0.3, -0.25) is 19.7 Å². The first-order valence-corrected chi connectivity index (χ1v) is 8.89. The zero-order valence-corrected chi connectivity index (χ0v) is 16.2. The summed E-state index contributed by atoms with van der Waals surface area (Å²) in [6, 6.07) is 7.89. The molecule has 1 amide bonds. The van der Waals surface area contributed by atoms with Gasteiger partial charge in [-0.15, -0.1) is 0 Å². The van der Waals surface area contributed by atoms with Gasteiger partial charge in [0.1, 0.15) is 6.54 Å². The van der Waals surface area contributed by atoms with Crippen molar-refractivity contribution in [3.8, 4) is 0 Å².